The molecule has 0 spiro atoms. The van der Waals surface area contributed by atoms with Gasteiger partial charge in [-0.3, -0.25) is 14.2 Å². The summed E-state index contributed by atoms with van der Waals surface area (Å²) in [7, 11) is 0. The molecule has 1 aliphatic rings. The van der Waals surface area contributed by atoms with Crippen molar-refractivity contribution in [1.29, 1.82) is 0 Å². The smallest absolute Gasteiger partial charge is 0.262 e. The van der Waals surface area contributed by atoms with Crippen LogP contribution in [0.4, 0.5) is 5.69 Å². The molecule has 5 rings (SSSR count). The lowest BCUT2D eigenvalue weighted by Crippen LogP contribution is -2.42. The molecule has 4 aromatic rings. The van der Waals surface area contributed by atoms with E-state index in [-0.39, 0.29) is 30.9 Å². The molecule has 0 saturated heterocycles. The van der Waals surface area contributed by atoms with E-state index < -0.39 is 0 Å². The highest BCUT2D eigenvalue weighted by Gasteiger charge is 2.29. The van der Waals surface area contributed by atoms with Gasteiger partial charge in [-0.2, -0.15) is 0 Å². The second-order valence-corrected chi connectivity index (χ2v) is 10.2. The topological polar surface area (TPSA) is 62.5 Å². The van der Waals surface area contributed by atoms with Crippen molar-refractivity contribution in [2.45, 2.75) is 58.1 Å². The van der Waals surface area contributed by atoms with Gasteiger partial charge in [-0.25, -0.2) is 0 Å². The maximum Gasteiger partial charge on any atom is 0.262 e. The minimum absolute atomic E-state index is 0.0218. The van der Waals surface area contributed by atoms with E-state index in [0.717, 1.165) is 59.1 Å². The number of hydrogen-bond acceptors (Lipinski definition) is 3. The zero-order chi connectivity index (χ0) is 25.9. The number of benzene rings is 3. The quantitative estimate of drug-likeness (QED) is 0.311. The monoisotopic (exact) mass is 514 g/mol. The zero-order valence-electron chi connectivity index (χ0n) is 21.0. The molecule has 0 bridgehead atoms. The Morgan fingerprint density at radius 2 is 1.68 bits per heavy atom. The Kier molecular flexibility index (Phi) is 7.45. The van der Waals surface area contributed by atoms with Gasteiger partial charge in [0.15, 0.2) is 0 Å². The Bertz CT molecular complexity index is 1420. The standard InChI is InChI=1S/C31H31ClN2O3/c1-21-27(19-30(36)34(25-8-4-2-5-9-25)26-10-6-3-7-11-26)28-18-22(20-35)12-17-29(28)33(21)31(37)23-13-15-24(32)16-14-23/h2,4-5,8-9,12-18,26,35H,3,6-7,10-11,19-20H2,1H3. The van der Waals surface area contributed by atoms with Crippen LogP contribution in [0, 0.1) is 6.92 Å². The Hall–Kier alpha value is -3.41. The summed E-state index contributed by atoms with van der Waals surface area (Å²) in [5, 5.41) is 11.2. The lowest BCUT2D eigenvalue weighted by Gasteiger charge is -2.34. The molecule has 0 radical (unpaired) electrons. The van der Waals surface area contributed by atoms with E-state index in [1.54, 1.807) is 28.8 Å². The first-order chi connectivity index (χ1) is 18.0. The van der Waals surface area contributed by atoms with Crippen molar-refractivity contribution < 1.29 is 14.7 Å². The number of aliphatic hydroxyl groups is 1. The first-order valence-electron chi connectivity index (χ1n) is 12.9. The third-order valence-corrected chi connectivity index (χ3v) is 7.70. The fraction of sp³-hybridized carbons (Fsp3) is 0.290. The first-order valence-corrected chi connectivity index (χ1v) is 13.3. The Morgan fingerprint density at radius 3 is 2.35 bits per heavy atom. The molecular formula is C31H31ClN2O3. The second kappa shape index (κ2) is 10.9. The molecule has 0 aliphatic heterocycles. The third kappa shape index (κ3) is 5.07. The number of aliphatic hydroxyl groups excluding tert-OH is 1. The third-order valence-electron chi connectivity index (χ3n) is 7.45. The van der Waals surface area contributed by atoms with Crippen LogP contribution >= 0.6 is 11.6 Å². The van der Waals surface area contributed by atoms with Crippen LogP contribution in [0.15, 0.2) is 72.8 Å². The summed E-state index contributed by atoms with van der Waals surface area (Å²) in [5.74, 6) is -0.157. The van der Waals surface area contributed by atoms with E-state index in [9.17, 15) is 14.7 Å². The van der Waals surface area contributed by atoms with Crippen molar-refractivity contribution in [3.8, 4) is 0 Å². The number of carbonyl (C=O) groups is 2. The maximum atomic E-state index is 14.0. The minimum atomic E-state index is -0.179. The number of anilines is 1. The normalized spacial score (nSPS) is 14.1. The van der Waals surface area contributed by atoms with E-state index in [2.05, 4.69) is 0 Å². The molecule has 1 heterocycles. The van der Waals surface area contributed by atoms with Gasteiger partial charge in [-0.15, -0.1) is 0 Å². The van der Waals surface area contributed by atoms with E-state index in [0.29, 0.717) is 10.6 Å². The number of carbonyl (C=O) groups excluding carboxylic acids is 2. The van der Waals surface area contributed by atoms with Crippen molar-refractivity contribution >= 4 is 40.0 Å². The lowest BCUT2D eigenvalue weighted by atomic mass is 9.93. The molecule has 1 aromatic heterocycles. The SMILES string of the molecule is Cc1c(CC(=O)N(c2ccccc2)C2CCCCC2)c2cc(CO)ccc2n1C(=O)c1ccc(Cl)cc1. The minimum Gasteiger partial charge on any atom is -0.392 e. The summed E-state index contributed by atoms with van der Waals surface area (Å²) in [6.45, 7) is 1.78. The largest absolute Gasteiger partial charge is 0.392 e. The Labute approximate surface area is 222 Å². The number of hydrogen-bond donors (Lipinski definition) is 1. The number of fused-ring (bicyclic) bond motifs is 1. The summed E-state index contributed by atoms with van der Waals surface area (Å²) < 4.78 is 1.68. The van der Waals surface area contributed by atoms with Crippen LogP contribution in [0.2, 0.25) is 5.02 Å². The number of aromatic nitrogens is 1. The highest BCUT2D eigenvalue weighted by Crippen LogP contribution is 2.32. The molecule has 0 unspecified atom stereocenters. The van der Waals surface area contributed by atoms with Crippen LogP contribution in [0.5, 0.6) is 0 Å². The van der Waals surface area contributed by atoms with Crippen LogP contribution in [0.3, 0.4) is 0 Å². The summed E-state index contributed by atoms with van der Waals surface area (Å²) in [6.07, 6.45) is 5.60. The first kappa shape index (κ1) is 25.2. The van der Waals surface area contributed by atoms with Gasteiger partial charge in [0.1, 0.15) is 0 Å². The molecule has 1 fully saturated rings. The predicted octanol–water partition coefficient (Wildman–Crippen LogP) is 6.69. The van der Waals surface area contributed by atoms with Crippen LogP contribution in [-0.4, -0.2) is 27.5 Å². The molecule has 5 nitrogen and oxygen atoms in total. The molecule has 1 aliphatic carbocycles. The molecule has 1 amide bonds. The number of halogens is 1. The van der Waals surface area contributed by atoms with Crippen molar-refractivity contribution in [2.75, 3.05) is 4.90 Å². The van der Waals surface area contributed by atoms with Crippen molar-refractivity contribution in [3.05, 3.63) is 100 Å². The highest BCUT2D eigenvalue weighted by molar-refractivity contribution is 6.30. The van der Waals surface area contributed by atoms with Gasteiger partial charge >= 0.3 is 0 Å². The highest BCUT2D eigenvalue weighted by atomic mass is 35.5. The molecule has 3 aromatic carbocycles. The molecule has 190 valence electrons. The lowest BCUT2D eigenvalue weighted by molar-refractivity contribution is -0.118. The second-order valence-electron chi connectivity index (χ2n) is 9.79. The van der Waals surface area contributed by atoms with Gasteiger partial charge in [-0.05, 0) is 79.4 Å². The van der Waals surface area contributed by atoms with Crippen molar-refractivity contribution in [2.24, 2.45) is 0 Å². The van der Waals surface area contributed by atoms with E-state index >= 15 is 0 Å². The number of amides is 1. The van der Waals surface area contributed by atoms with Crippen LogP contribution in [-0.2, 0) is 17.8 Å². The number of rotatable bonds is 6. The van der Waals surface area contributed by atoms with E-state index in [4.69, 9.17) is 11.6 Å². The maximum absolute atomic E-state index is 14.0. The number of para-hydroxylation sites is 1. The average Bonchev–Trinajstić information content (AvgIpc) is 3.20. The zero-order valence-corrected chi connectivity index (χ0v) is 21.7. The Morgan fingerprint density at radius 1 is 0.973 bits per heavy atom. The molecule has 6 heteroatoms. The van der Waals surface area contributed by atoms with Crippen molar-refractivity contribution in [1.82, 2.24) is 4.57 Å². The summed E-state index contributed by atoms with van der Waals surface area (Å²) in [6, 6.07) is 22.4. The fourth-order valence-electron chi connectivity index (χ4n) is 5.56. The Balaban J connectivity index is 1.58. The van der Waals surface area contributed by atoms with Gasteiger partial charge < -0.3 is 10.0 Å². The van der Waals surface area contributed by atoms with Gasteiger partial charge in [0.25, 0.3) is 5.91 Å². The molecule has 1 N–H and O–H groups in total. The van der Waals surface area contributed by atoms with Gasteiger partial charge in [-0.1, -0.05) is 55.1 Å². The van der Waals surface area contributed by atoms with E-state index in [1.165, 1.54) is 6.42 Å². The van der Waals surface area contributed by atoms with Crippen LogP contribution in [0.25, 0.3) is 10.9 Å². The van der Waals surface area contributed by atoms with E-state index in [1.807, 2.05) is 60.4 Å². The fourth-order valence-corrected chi connectivity index (χ4v) is 5.68. The number of nitrogens with zero attached hydrogens (tertiary/aromatic N) is 2. The summed E-state index contributed by atoms with van der Waals surface area (Å²) in [5.41, 5.74) is 4.44. The summed E-state index contributed by atoms with van der Waals surface area (Å²) in [4.78, 5) is 29.6. The van der Waals surface area contributed by atoms with Crippen LogP contribution in [0.1, 0.15) is 59.3 Å². The van der Waals surface area contributed by atoms with Gasteiger partial charge in [0.2, 0.25) is 5.91 Å². The molecule has 37 heavy (non-hydrogen) atoms. The predicted molar refractivity (Wildman–Crippen MR) is 148 cm³/mol. The van der Waals surface area contributed by atoms with Crippen molar-refractivity contribution in [3.63, 3.8) is 0 Å². The molecular weight excluding hydrogens is 484 g/mol. The summed E-state index contributed by atoms with van der Waals surface area (Å²) >= 11 is 6.04. The van der Waals surface area contributed by atoms with Gasteiger partial charge in [0, 0.05) is 33.4 Å². The van der Waals surface area contributed by atoms with Gasteiger partial charge in [0.05, 0.1) is 18.5 Å². The average molecular weight is 515 g/mol. The van der Waals surface area contributed by atoms with Crippen LogP contribution < -0.4 is 4.90 Å². The molecule has 1 saturated carbocycles. The molecule has 0 atom stereocenters.